The molecule has 0 aromatic carbocycles. The maximum atomic E-state index is 9.75. The summed E-state index contributed by atoms with van der Waals surface area (Å²) in [7, 11) is 1.86. The molecular weight excluding hydrogens is 244 g/mol. The first-order valence-corrected chi connectivity index (χ1v) is 6.56. The molecule has 2 N–H and O–H groups in total. The van der Waals surface area contributed by atoms with Gasteiger partial charge in [0.05, 0.1) is 18.4 Å². The largest absolute Gasteiger partial charge is 0.489 e. The van der Waals surface area contributed by atoms with Gasteiger partial charge in [-0.05, 0) is 40.0 Å². The van der Waals surface area contributed by atoms with Gasteiger partial charge in [0.2, 0.25) is 0 Å². The number of aromatic nitrogens is 1. The quantitative estimate of drug-likeness (QED) is 0.743. The highest BCUT2D eigenvalue weighted by molar-refractivity contribution is 5.29. The van der Waals surface area contributed by atoms with Crippen molar-refractivity contribution in [3.8, 4) is 5.75 Å². The first-order chi connectivity index (χ1) is 9.02. The lowest BCUT2D eigenvalue weighted by Crippen LogP contribution is -2.25. The van der Waals surface area contributed by atoms with Crippen LogP contribution in [0.15, 0.2) is 12.1 Å². The molecule has 1 aromatic rings. The second kappa shape index (κ2) is 8.09. The molecule has 19 heavy (non-hydrogen) atoms. The normalized spacial score (nSPS) is 12.7. The molecule has 0 fully saturated rings. The third-order valence-electron chi connectivity index (χ3n) is 2.47. The van der Waals surface area contributed by atoms with E-state index in [1.54, 1.807) is 0 Å². The molecule has 1 atom stereocenters. The highest BCUT2D eigenvalue weighted by Crippen LogP contribution is 2.17. The number of nitrogens with one attached hydrogen (secondary N) is 1. The highest BCUT2D eigenvalue weighted by Gasteiger charge is 2.10. The van der Waals surface area contributed by atoms with Crippen LogP contribution in [0.3, 0.4) is 0 Å². The van der Waals surface area contributed by atoms with E-state index >= 15 is 0 Å². The summed E-state index contributed by atoms with van der Waals surface area (Å²) in [5, 5.41) is 12.8. The van der Waals surface area contributed by atoms with Crippen LogP contribution in [-0.2, 0) is 11.3 Å². The van der Waals surface area contributed by atoms with Gasteiger partial charge in [0.15, 0.2) is 0 Å². The maximum absolute atomic E-state index is 9.75. The van der Waals surface area contributed by atoms with Crippen LogP contribution in [0.25, 0.3) is 0 Å². The Balaban J connectivity index is 2.52. The molecule has 1 heterocycles. The van der Waals surface area contributed by atoms with E-state index in [9.17, 15) is 5.11 Å². The van der Waals surface area contributed by atoms with Crippen molar-refractivity contribution in [2.75, 3.05) is 20.3 Å². The number of rotatable bonds is 8. The number of nitrogens with zero attached hydrogens (tertiary/aromatic N) is 1. The Morgan fingerprint density at radius 3 is 2.68 bits per heavy atom. The van der Waals surface area contributed by atoms with Gasteiger partial charge in [0, 0.05) is 12.2 Å². The van der Waals surface area contributed by atoms with Crippen molar-refractivity contribution < 1.29 is 14.6 Å². The summed E-state index contributed by atoms with van der Waals surface area (Å²) >= 11 is 0. The van der Waals surface area contributed by atoms with E-state index in [2.05, 4.69) is 10.3 Å². The smallest absolute Gasteiger partial charge is 0.142 e. The number of aliphatic hydroxyl groups is 1. The van der Waals surface area contributed by atoms with Gasteiger partial charge in [-0.1, -0.05) is 0 Å². The van der Waals surface area contributed by atoms with Crippen LogP contribution >= 0.6 is 0 Å². The molecule has 0 radical (unpaired) electrons. The third kappa shape index (κ3) is 6.00. The second-order valence-corrected chi connectivity index (χ2v) is 4.77. The molecular formula is C14H24N2O3. The number of hydrogen-bond donors (Lipinski definition) is 2. The minimum atomic E-state index is -0.633. The van der Waals surface area contributed by atoms with Crippen molar-refractivity contribution in [3.05, 3.63) is 23.5 Å². The first-order valence-electron chi connectivity index (χ1n) is 6.56. The molecule has 0 spiro atoms. The predicted molar refractivity (Wildman–Crippen MR) is 74.3 cm³/mol. The SMILES string of the molecule is CNCc1nc(C)ccc1OCC(O)COC(C)C. The standard InChI is InChI=1S/C14H24N2O3/c1-10(2)18-8-12(17)9-19-14-6-5-11(3)16-13(14)7-15-4/h5-6,10,12,15,17H,7-9H2,1-4H3. The molecule has 0 aliphatic rings. The van der Waals surface area contributed by atoms with Crippen LogP contribution in [0.5, 0.6) is 5.75 Å². The Bertz CT molecular complexity index is 383. The molecule has 0 aliphatic carbocycles. The van der Waals surface area contributed by atoms with Gasteiger partial charge in [-0.2, -0.15) is 0 Å². The zero-order valence-corrected chi connectivity index (χ0v) is 12.1. The van der Waals surface area contributed by atoms with Crippen molar-refractivity contribution in [2.45, 2.75) is 39.5 Å². The molecule has 0 saturated heterocycles. The van der Waals surface area contributed by atoms with Crippen LogP contribution in [0.1, 0.15) is 25.2 Å². The fraction of sp³-hybridized carbons (Fsp3) is 0.643. The van der Waals surface area contributed by atoms with Crippen molar-refractivity contribution >= 4 is 0 Å². The van der Waals surface area contributed by atoms with E-state index in [0.29, 0.717) is 12.3 Å². The maximum Gasteiger partial charge on any atom is 0.142 e. The summed E-state index contributed by atoms with van der Waals surface area (Å²) in [6.07, 6.45) is -0.526. The first kappa shape index (κ1) is 15.9. The molecule has 0 aliphatic heterocycles. The van der Waals surface area contributed by atoms with Crippen molar-refractivity contribution in [3.63, 3.8) is 0 Å². The zero-order valence-electron chi connectivity index (χ0n) is 12.1. The van der Waals surface area contributed by atoms with Crippen molar-refractivity contribution in [2.24, 2.45) is 0 Å². The van der Waals surface area contributed by atoms with Crippen molar-refractivity contribution in [1.82, 2.24) is 10.3 Å². The van der Waals surface area contributed by atoms with Gasteiger partial charge in [-0.3, -0.25) is 4.98 Å². The minimum absolute atomic E-state index is 0.107. The minimum Gasteiger partial charge on any atom is -0.489 e. The molecule has 1 unspecified atom stereocenters. The molecule has 5 heteroatoms. The number of aliphatic hydroxyl groups excluding tert-OH is 1. The Hall–Kier alpha value is -1.17. The van der Waals surface area contributed by atoms with E-state index in [0.717, 1.165) is 11.4 Å². The number of pyridine rings is 1. The summed E-state index contributed by atoms with van der Waals surface area (Å²) in [6, 6.07) is 3.77. The number of hydrogen-bond acceptors (Lipinski definition) is 5. The molecule has 5 nitrogen and oxygen atoms in total. The lowest BCUT2D eigenvalue weighted by atomic mass is 10.3. The summed E-state index contributed by atoms with van der Waals surface area (Å²) in [5.74, 6) is 0.698. The topological polar surface area (TPSA) is 63.6 Å². The summed E-state index contributed by atoms with van der Waals surface area (Å²) in [5.41, 5.74) is 1.79. The molecule has 0 bridgehead atoms. The monoisotopic (exact) mass is 268 g/mol. The van der Waals surface area contributed by atoms with Gasteiger partial charge in [0.1, 0.15) is 18.5 Å². The van der Waals surface area contributed by atoms with Gasteiger partial charge in [0.25, 0.3) is 0 Å². The average molecular weight is 268 g/mol. The van der Waals surface area contributed by atoms with Crippen molar-refractivity contribution in [1.29, 1.82) is 0 Å². The Morgan fingerprint density at radius 1 is 1.32 bits per heavy atom. The van der Waals surface area contributed by atoms with Crippen LogP contribution in [0.2, 0.25) is 0 Å². The summed E-state index contributed by atoms with van der Waals surface area (Å²) in [4.78, 5) is 4.41. The van der Waals surface area contributed by atoms with E-state index in [4.69, 9.17) is 9.47 Å². The molecule has 0 saturated carbocycles. The zero-order chi connectivity index (χ0) is 14.3. The van der Waals surface area contributed by atoms with Gasteiger partial charge in [-0.15, -0.1) is 0 Å². The number of aryl methyl sites for hydroxylation is 1. The van der Waals surface area contributed by atoms with E-state index in [1.165, 1.54) is 0 Å². The summed E-state index contributed by atoms with van der Waals surface area (Å²) < 4.78 is 10.9. The van der Waals surface area contributed by atoms with Crippen LogP contribution < -0.4 is 10.1 Å². The van der Waals surface area contributed by atoms with Crippen LogP contribution in [-0.4, -0.2) is 42.6 Å². The predicted octanol–water partition coefficient (Wildman–Crippen LogP) is 1.27. The van der Waals surface area contributed by atoms with E-state index in [1.807, 2.05) is 40.0 Å². The molecule has 1 aromatic heterocycles. The fourth-order valence-electron chi connectivity index (χ4n) is 1.56. The lowest BCUT2D eigenvalue weighted by Gasteiger charge is -2.16. The van der Waals surface area contributed by atoms with E-state index < -0.39 is 6.10 Å². The number of ether oxygens (including phenoxy) is 2. The van der Waals surface area contributed by atoms with E-state index in [-0.39, 0.29) is 19.3 Å². The molecule has 108 valence electrons. The van der Waals surface area contributed by atoms with Gasteiger partial charge in [-0.25, -0.2) is 0 Å². The lowest BCUT2D eigenvalue weighted by molar-refractivity contribution is -0.0124. The Labute approximate surface area is 115 Å². The van der Waals surface area contributed by atoms with Gasteiger partial charge < -0.3 is 19.9 Å². The van der Waals surface area contributed by atoms with Crippen LogP contribution in [0, 0.1) is 6.92 Å². The van der Waals surface area contributed by atoms with Crippen LogP contribution in [0.4, 0.5) is 0 Å². The third-order valence-corrected chi connectivity index (χ3v) is 2.47. The molecule has 1 rings (SSSR count). The average Bonchev–Trinajstić information content (AvgIpc) is 2.35. The summed E-state index contributed by atoms with van der Waals surface area (Å²) in [6.45, 7) is 6.92. The van der Waals surface area contributed by atoms with Gasteiger partial charge >= 0.3 is 0 Å². The molecule has 0 amide bonds. The second-order valence-electron chi connectivity index (χ2n) is 4.77. The Kier molecular flexibility index (Phi) is 6.77. The fourth-order valence-corrected chi connectivity index (χ4v) is 1.56. The highest BCUT2D eigenvalue weighted by atomic mass is 16.5. The Morgan fingerprint density at radius 2 is 2.05 bits per heavy atom.